The zero-order valence-electron chi connectivity index (χ0n) is 11.5. The minimum absolute atomic E-state index is 0.0754. The van der Waals surface area contributed by atoms with Crippen LogP contribution in [0.25, 0.3) is 11.0 Å². The number of nitrogens with one attached hydrogen (secondary N) is 1. The normalized spacial score (nSPS) is 10.8. The molecule has 0 saturated heterocycles. The first-order valence-corrected chi connectivity index (χ1v) is 6.95. The third kappa shape index (κ3) is 2.90. The number of rotatable bonds is 3. The number of pyridine rings is 1. The predicted molar refractivity (Wildman–Crippen MR) is 84.5 cm³/mol. The van der Waals surface area contributed by atoms with E-state index in [0.29, 0.717) is 17.1 Å². The molecule has 3 aromatic rings. The third-order valence-corrected chi connectivity index (χ3v) is 3.51. The fourth-order valence-corrected chi connectivity index (χ4v) is 2.57. The van der Waals surface area contributed by atoms with Crippen LogP contribution in [0.15, 0.2) is 48.8 Å². The molecule has 0 saturated carbocycles. The van der Waals surface area contributed by atoms with E-state index in [1.807, 2.05) is 36.0 Å². The number of anilines is 1. The van der Waals surface area contributed by atoms with Crippen LogP contribution in [-0.4, -0.2) is 15.5 Å². The molecule has 106 valence electrons. The van der Waals surface area contributed by atoms with Crippen LogP contribution in [0.5, 0.6) is 0 Å². The third-order valence-electron chi connectivity index (χ3n) is 3.28. The topological polar surface area (TPSA) is 46.9 Å². The van der Waals surface area contributed by atoms with E-state index in [4.69, 9.17) is 11.6 Å². The molecule has 1 aromatic carbocycles. The van der Waals surface area contributed by atoms with Crippen molar-refractivity contribution >= 4 is 34.2 Å². The Labute approximate surface area is 127 Å². The van der Waals surface area contributed by atoms with Crippen molar-refractivity contribution in [2.75, 3.05) is 5.32 Å². The van der Waals surface area contributed by atoms with Gasteiger partial charge in [0.25, 0.3) is 0 Å². The summed E-state index contributed by atoms with van der Waals surface area (Å²) in [6, 6.07) is 11.0. The second-order valence-electron chi connectivity index (χ2n) is 4.88. The van der Waals surface area contributed by atoms with E-state index in [-0.39, 0.29) is 5.91 Å². The molecule has 2 aromatic heterocycles. The Morgan fingerprint density at radius 1 is 1.33 bits per heavy atom. The summed E-state index contributed by atoms with van der Waals surface area (Å²) in [5, 5.41) is 4.45. The van der Waals surface area contributed by atoms with Gasteiger partial charge in [-0.1, -0.05) is 17.7 Å². The monoisotopic (exact) mass is 299 g/mol. The molecule has 0 aliphatic carbocycles. The number of hydrogen-bond acceptors (Lipinski definition) is 2. The molecule has 0 spiro atoms. The lowest BCUT2D eigenvalue weighted by Crippen LogP contribution is -2.14. The fourth-order valence-electron chi connectivity index (χ4n) is 2.38. The van der Waals surface area contributed by atoms with Crippen molar-refractivity contribution in [3.8, 4) is 0 Å². The van der Waals surface area contributed by atoms with Crippen molar-refractivity contribution in [3.63, 3.8) is 0 Å². The van der Waals surface area contributed by atoms with Gasteiger partial charge < -0.3 is 9.88 Å². The van der Waals surface area contributed by atoms with Gasteiger partial charge in [0.1, 0.15) is 5.65 Å². The summed E-state index contributed by atoms with van der Waals surface area (Å²) >= 11 is 5.91. The van der Waals surface area contributed by atoms with E-state index in [9.17, 15) is 4.79 Å². The lowest BCUT2D eigenvalue weighted by atomic mass is 10.1. The highest BCUT2D eigenvalue weighted by Crippen LogP contribution is 2.20. The Hall–Kier alpha value is -2.33. The summed E-state index contributed by atoms with van der Waals surface area (Å²) in [4.78, 5) is 16.5. The summed E-state index contributed by atoms with van der Waals surface area (Å²) in [6.07, 6.45) is 3.99. The molecule has 1 N–H and O–H groups in total. The molecule has 5 heteroatoms. The van der Waals surface area contributed by atoms with Crippen LogP contribution in [0.4, 0.5) is 5.69 Å². The van der Waals surface area contributed by atoms with Crippen LogP contribution < -0.4 is 5.32 Å². The minimum Gasteiger partial charge on any atom is -0.335 e. The van der Waals surface area contributed by atoms with Crippen molar-refractivity contribution in [2.45, 2.75) is 6.42 Å². The maximum atomic E-state index is 12.2. The molecule has 3 rings (SSSR count). The molecule has 0 unspecified atom stereocenters. The highest BCUT2D eigenvalue weighted by molar-refractivity contribution is 6.30. The average molecular weight is 300 g/mol. The molecule has 1 amide bonds. The van der Waals surface area contributed by atoms with Crippen molar-refractivity contribution < 1.29 is 4.79 Å². The first kappa shape index (κ1) is 13.6. The number of hydrogen-bond donors (Lipinski definition) is 1. The number of benzene rings is 1. The van der Waals surface area contributed by atoms with Crippen LogP contribution in [-0.2, 0) is 18.3 Å². The first-order chi connectivity index (χ1) is 10.1. The van der Waals surface area contributed by atoms with Gasteiger partial charge in [-0.3, -0.25) is 4.79 Å². The Bertz CT molecular complexity index is 810. The van der Waals surface area contributed by atoms with Crippen molar-refractivity contribution in [2.24, 2.45) is 7.05 Å². The Morgan fingerprint density at radius 3 is 3.00 bits per heavy atom. The molecule has 0 radical (unpaired) electrons. The van der Waals surface area contributed by atoms with Gasteiger partial charge in [-0.15, -0.1) is 0 Å². The molecular weight excluding hydrogens is 286 g/mol. The SMILES string of the molecule is Cn1cc(CC(=O)Nc2cccc(Cl)c2)c2cccnc21. The largest absolute Gasteiger partial charge is 0.335 e. The Morgan fingerprint density at radius 2 is 2.19 bits per heavy atom. The quantitative estimate of drug-likeness (QED) is 0.805. The van der Waals surface area contributed by atoms with Gasteiger partial charge in [0, 0.05) is 35.5 Å². The van der Waals surface area contributed by atoms with Gasteiger partial charge in [-0.2, -0.15) is 0 Å². The van der Waals surface area contributed by atoms with Gasteiger partial charge in [-0.05, 0) is 35.9 Å². The second-order valence-corrected chi connectivity index (χ2v) is 5.31. The number of nitrogens with zero attached hydrogens (tertiary/aromatic N) is 2. The van der Waals surface area contributed by atoms with Crippen LogP contribution in [0.2, 0.25) is 5.02 Å². The maximum Gasteiger partial charge on any atom is 0.228 e. The van der Waals surface area contributed by atoms with Crippen LogP contribution in [0.1, 0.15) is 5.56 Å². The van der Waals surface area contributed by atoms with E-state index in [1.54, 1.807) is 24.4 Å². The van der Waals surface area contributed by atoms with Gasteiger partial charge in [0.15, 0.2) is 0 Å². The smallest absolute Gasteiger partial charge is 0.228 e. The van der Waals surface area contributed by atoms with E-state index < -0.39 is 0 Å². The van der Waals surface area contributed by atoms with E-state index in [2.05, 4.69) is 10.3 Å². The summed E-state index contributed by atoms with van der Waals surface area (Å²) < 4.78 is 1.93. The molecular formula is C16H14ClN3O. The standard InChI is InChI=1S/C16H14ClN3O/c1-20-10-11(14-6-3-7-18-16(14)20)8-15(21)19-13-5-2-4-12(17)9-13/h2-7,9-10H,8H2,1H3,(H,19,21). The second kappa shape index (κ2) is 5.58. The van der Waals surface area contributed by atoms with Gasteiger partial charge in [0.2, 0.25) is 5.91 Å². The zero-order chi connectivity index (χ0) is 14.8. The summed E-state index contributed by atoms with van der Waals surface area (Å²) in [6.45, 7) is 0. The van der Waals surface area contributed by atoms with E-state index in [0.717, 1.165) is 16.6 Å². The molecule has 2 heterocycles. The Kier molecular flexibility index (Phi) is 3.62. The number of carbonyl (C=O) groups is 1. The predicted octanol–water partition coefficient (Wildman–Crippen LogP) is 3.41. The zero-order valence-corrected chi connectivity index (χ0v) is 12.3. The van der Waals surface area contributed by atoms with Crippen LogP contribution in [0, 0.1) is 0 Å². The van der Waals surface area contributed by atoms with Crippen LogP contribution >= 0.6 is 11.6 Å². The molecule has 0 bridgehead atoms. The lowest BCUT2D eigenvalue weighted by Gasteiger charge is -2.05. The molecule has 0 fully saturated rings. The number of carbonyl (C=O) groups excluding carboxylic acids is 1. The van der Waals surface area contributed by atoms with Crippen molar-refractivity contribution in [1.29, 1.82) is 0 Å². The fraction of sp³-hybridized carbons (Fsp3) is 0.125. The summed E-state index contributed by atoms with van der Waals surface area (Å²) in [7, 11) is 1.92. The average Bonchev–Trinajstić information content (AvgIpc) is 2.76. The minimum atomic E-state index is -0.0754. The first-order valence-electron chi connectivity index (χ1n) is 6.58. The Balaban J connectivity index is 1.80. The molecule has 0 aliphatic rings. The molecule has 21 heavy (non-hydrogen) atoms. The molecule has 0 atom stereocenters. The molecule has 4 nitrogen and oxygen atoms in total. The van der Waals surface area contributed by atoms with Gasteiger partial charge in [-0.25, -0.2) is 4.98 Å². The van der Waals surface area contributed by atoms with Gasteiger partial charge in [0.05, 0.1) is 6.42 Å². The number of aromatic nitrogens is 2. The van der Waals surface area contributed by atoms with E-state index in [1.165, 1.54) is 0 Å². The number of amides is 1. The number of fused-ring (bicyclic) bond motifs is 1. The summed E-state index contributed by atoms with van der Waals surface area (Å²) in [5.74, 6) is -0.0754. The van der Waals surface area contributed by atoms with E-state index >= 15 is 0 Å². The lowest BCUT2D eigenvalue weighted by molar-refractivity contribution is -0.115. The van der Waals surface area contributed by atoms with Gasteiger partial charge >= 0.3 is 0 Å². The highest BCUT2D eigenvalue weighted by atomic mass is 35.5. The summed E-state index contributed by atoms with van der Waals surface area (Å²) in [5.41, 5.74) is 2.54. The highest BCUT2D eigenvalue weighted by Gasteiger charge is 2.11. The molecule has 0 aliphatic heterocycles. The number of aryl methyl sites for hydroxylation is 1. The van der Waals surface area contributed by atoms with Crippen LogP contribution in [0.3, 0.4) is 0 Å². The van der Waals surface area contributed by atoms with Crippen molar-refractivity contribution in [1.82, 2.24) is 9.55 Å². The number of halogens is 1. The van der Waals surface area contributed by atoms with Crippen molar-refractivity contribution in [3.05, 3.63) is 59.4 Å². The maximum absolute atomic E-state index is 12.2.